The van der Waals surface area contributed by atoms with E-state index in [0.717, 1.165) is 24.4 Å². The zero-order chi connectivity index (χ0) is 15.0. The van der Waals surface area contributed by atoms with E-state index in [1.165, 1.54) is 0 Å². The van der Waals surface area contributed by atoms with Gasteiger partial charge in [-0.15, -0.1) is 0 Å². The standard InChI is InChI=1S/C16H23ClN2O2/c1-10-8-19(9-11(10)2)14(7-18)12-5-13(17)16-15(6-12)20-3-4-21-16/h5-6,10-11,14H,3-4,7-9,18H2,1-2H3. The van der Waals surface area contributed by atoms with Crippen LogP contribution in [-0.2, 0) is 0 Å². The maximum Gasteiger partial charge on any atom is 0.179 e. The monoisotopic (exact) mass is 310 g/mol. The summed E-state index contributed by atoms with van der Waals surface area (Å²) in [5.41, 5.74) is 7.16. The zero-order valence-corrected chi connectivity index (χ0v) is 13.4. The van der Waals surface area contributed by atoms with E-state index in [0.29, 0.717) is 42.4 Å². The fraction of sp³-hybridized carbons (Fsp3) is 0.625. The van der Waals surface area contributed by atoms with Crippen molar-refractivity contribution in [3.63, 3.8) is 0 Å². The lowest BCUT2D eigenvalue weighted by atomic mass is 10.0. The number of hydrogen-bond acceptors (Lipinski definition) is 4. The molecule has 1 fully saturated rings. The van der Waals surface area contributed by atoms with Gasteiger partial charge in [0.25, 0.3) is 0 Å². The lowest BCUT2D eigenvalue weighted by Gasteiger charge is -2.29. The molecule has 4 nitrogen and oxygen atoms in total. The van der Waals surface area contributed by atoms with E-state index in [9.17, 15) is 0 Å². The summed E-state index contributed by atoms with van der Waals surface area (Å²) in [6, 6.07) is 4.19. The number of rotatable bonds is 3. The van der Waals surface area contributed by atoms with Crippen LogP contribution in [0.2, 0.25) is 5.02 Å². The third kappa shape index (κ3) is 2.85. The van der Waals surface area contributed by atoms with E-state index in [-0.39, 0.29) is 6.04 Å². The molecule has 0 bridgehead atoms. The molecule has 116 valence electrons. The quantitative estimate of drug-likeness (QED) is 0.932. The second-order valence-corrected chi connectivity index (χ2v) is 6.59. The van der Waals surface area contributed by atoms with Crippen molar-refractivity contribution in [3.8, 4) is 11.5 Å². The number of benzene rings is 1. The van der Waals surface area contributed by atoms with E-state index in [2.05, 4.69) is 18.7 Å². The Bertz CT molecular complexity index is 513. The summed E-state index contributed by atoms with van der Waals surface area (Å²) >= 11 is 6.35. The molecule has 1 aromatic rings. The zero-order valence-electron chi connectivity index (χ0n) is 12.6. The number of ether oxygens (including phenoxy) is 2. The molecule has 3 atom stereocenters. The van der Waals surface area contributed by atoms with Crippen LogP contribution >= 0.6 is 11.6 Å². The molecule has 0 amide bonds. The van der Waals surface area contributed by atoms with E-state index in [4.69, 9.17) is 26.8 Å². The number of halogens is 1. The first-order valence-electron chi connectivity index (χ1n) is 7.63. The summed E-state index contributed by atoms with van der Waals surface area (Å²) in [6.45, 7) is 8.45. The Balaban J connectivity index is 1.89. The fourth-order valence-electron chi connectivity index (χ4n) is 3.25. The molecule has 0 spiro atoms. The second kappa shape index (κ2) is 6.03. The molecule has 1 aromatic carbocycles. The number of nitrogens with two attached hydrogens (primary N) is 1. The highest BCUT2D eigenvalue weighted by Crippen LogP contribution is 2.41. The van der Waals surface area contributed by atoms with Crippen LogP contribution < -0.4 is 15.2 Å². The SMILES string of the molecule is CC1CN(C(CN)c2cc(Cl)c3c(c2)OCCO3)CC1C. The molecule has 2 N–H and O–H groups in total. The van der Waals surface area contributed by atoms with Crippen LogP contribution in [0.15, 0.2) is 12.1 Å². The molecule has 1 saturated heterocycles. The van der Waals surface area contributed by atoms with Crippen molar-refractivity contribution in [1.82, 2.24) is 4.90 Å². The molecule has 0 aliphatic carbocycles. The highest BCUT2D eigenvalue weighted by molar-refractivity contribution is 6.32. The molecule has 3 unspecified atom stereocenters. The lowest BCUT2D eigenvalue weighted by Crippen LogP contribution is -2.32. The fourth-order valence-corrected chi connectivity index (χ4v) is 3.52. The van der Waals surface area contributed by atoms with Crippen molar-refractivity contribution in [1.29, 1.82) is 0 Å². The van der Waals surface area contributed by atoms with E-state index >= 15 is 0 Å². The van der Waals surface area contributed by atoms with Crippen molar-refractivity contribution in [3.05, 3.63) is 22.7 Å². The Morgan fingerprint density at radius 2 is 1.90 bits per heavy atom. The maximum absolute atomic E-state index is 6.35. The van der Waals surface area contributed by atoms with Crippen LogP contribution in [0, 0.1) is 11.8 Å². The maximum atomic E-state index is 6.35. The van der Waals surface area contributed by atoms with Gasteiger partial charge in [0.15, 0.2) is 11.5 Å². The predicted octanol–water partition coefficient (Wildman–Crippen LogP) is 2.70. The Kier molecular flexibility index (Phi) is 4.29. The molecule has 21 heavy (non-hydrogen) atoms. The van der Waals surface area contributed by atoms with Crippen LogP contribution in [0.4, 0.5) is 0 Å². The van der Waals surface area contributed by atoms with Gasteiger partial charge in [0, 0.05) is 25.7 Å². The third-order valence-electron chi connectivity index (χ3n) is 4.68. The van der Waals surface area contributed by atoms with Gasteiger partial charge < -0.3 is 15.2 Å². The summed E-state index contributed by atoms with van der Waals surface area (Å²) in [6.07, 6.45) is 0. The first-order chi connectivity index (χ1) is 10.1. The number of nitrogens with zero attached hydrogens (tertiary/aromatic N) is 1. The van der Waals surface area contributed by atoms with Crippen molar-refractivity contribution in [2.24, 2.45) is 17.6 Å². The van der Waals surface area contributed by atoms with Gasteiger partial charge in [0.05, 0.1) is 5.02 Å². The van der Waals surface area contributed by atoms with Gasteiger partial charge in [0.2, 0.25) is 0 Å². The summed E-state index contributed by atoms with van der Waals surface area (Å²) in [5.74, 6) is 2.80. The second-order valence-electron chi connectivity index (χ2n) is 6.19. The van der Waals surface area contributed by atoms with Crippen LogP contribution in [0.5, 0.6) is 11.5 Å². The third-order valence-corrected chi connectivity index (χ3v) is 4.97. The molecular weight excluding hydrogens is 288 g/mol. The minimum absolute atomic E-state index is 0.186. The van der Waals surface area contributed by atoms with E-state index in [1.807, 2.05) is 12.1 Å². The van der Waals surface area contributed by atoms with Crippen molar-refractivity contribution in [2.75, 3.05) is 32.8 Å². The van der Waals surface area contributed by atoms with Crippen LogP contribution in [0.1, 0.15) is 25.5 Å². The first kappa shape index (κ1) is 14.9. The van der Waals surface area contributed by atoms with Crippen molar-refractivity contribution in [2.45, 2.75) is 19.9 Å². The molecule has 0 aromatic heterocycles. The molecule has 5 heteroatoms. The van der Waals surface area contributed by atoms with Gasteiger partial charge in [-0.2, -0.15) is 0 Å². The van der Waals surface area contributed by atoms with Gasteiger partial charge >= 0.3 is 0 Å². The van der Waals surface area contributed by atoms with Gasteiger partial charge in [-0.1, -0.05) is 25.4 Å². The van der Waals surface area contributed by atoms with Gasteiger partial charge in [-0.05, 0) is 29.5 Å². The number of fused-ring (bicyclic) bond motifs is 1. The van der Waals surface area contributed by atoms with E-state index < -0.39 is 0 Å². The Labute approximate surface area is 131 Å². The van der Waals surface area contributed by atoms with Crippen molar-refractivity contribution < 1.29 is 9.47 Å². The minimum Gasteiger partial charge on any atom is -0.486 e. The summed E-state index contributed by atoms with van der Waals surface area (Å²) in [7, 11) is 0. The smallest absolute Gasteiger partial charge is 0.179 e. The topological polar surface area (TPSA) is 47.7 Å². The molecule has 2 heterocycles. The Hall–Kier alpha value is -0.970. The Morgan fingerprint density at radius 3 is 2.57 bits per heavy atom. The lowest BCUT2D eigenvalue weighted by molar-refractivity contribution is 0.170. The van der Waals surface area contributed by atoms with Gasteiger partial charge in [0.1, 0.15) is 13.2 Å². The molecule has 2 aliphatic heterocycles. The average Bonchev–Trinajstić information content (AvgIpc) is 2.79. The number of hydrogen-bond donors (Lipinski definition) is 1. The molecule has 2 aliphatic rings. The largest absolute Gasteiger partial charge is 0.486 e. The molecular formula is C16H23ClN2O2. The van der Waals surface area contributed by atoms with E-state index in [1.54, 1.807) is 0 Å². The summed E-state index contributed by atoms with van der Waals surface area (Å²) < 4.78 is 11.3. The summed E-state index contributed by atoms with van der Waals surface area (Å²) in [5, 5.41) is 0.612. The Morgan fingerprint density at radius 1 is 1.24 bits per heavy atom. The van der Waals surface area contributed by atoms with Crippen LogP contribution in [0.25, 0.3) is 0 Å². The normalized spacial score (nSPS) is 26.9. The molecule has 0 radical (unpaired) electrons. The predicted molar refractivity (Wildman–Crippen MR) is 84.1 cm³/mol. The van der Waals surface area contributed by atoms with Gasteiger partial charge in [-0.25, -0.2) is 0 Å². The highest BCUT2D eigenvalue weighted by atomic mass is 35.5. The first-order valence-corrected chi connectivity index (χ1v) is 8.01. The summed E-state index contributed by atoms with van der Waals surface area (Å²) in [4.78, 5) is 2.46. The molecule has 0 saturated carbocycles. The van der Waals surface area contributed by atoms with Crippen LogP contribution in [-0.4, -0.2) is 37.7 Å². The minimum atomic E-state index is 0.186. The number of likely N-dealkylation sites (tertiary alicyclic amines) is 1. The van der Waals surface area contributed by atoms with Crippen molar-refractivity contribution >= 4 is 11.6 Å². The average molecular weight is 311 g/mol. The highest BCUT2D eigenvalue weighted by Gasteiger charge is 2.32. The van der Waals surface area contributed by atoms with Gasteiger partial charge in [-0.3, -0.25) is 4.90 Å². The molecule has 3 rings (SSSR count). The van der Waals surface area contributed by atoms with Crippen LogP contribution in [0.3, 0.4) is 0 Å².